The average Bonchev–Trinajstić information content (AvgIpc) is 3.06. The molecule has 18 heavy (non-hydrogen) atoms. The Morgan fingerprint density at radius 2 is 2.00 bits per heavy atom. The maximum absolute atomic E-state index is 11.1. The quantitative estimate of drug-likeness (QED) is 0.848. The SMILES string of the molecule is COc1c(CC2(O)CC2)cc(Br)c(C=O)c1OC. The summed E-state index contributed by atoms with van der Waals surface area (Å²) in [5, 5.41) is 10.0. The molecule has 0 unspecified atom stereocenters. The van der Waals surface area contributed by atoms with Crippen LogP contribution in [0.25, 0.3) is 0 Å². The van der Waals surface area contributed by atoms with Crippen molar-refractivity contribution in [2.24, 2.45) is 0 Å². The molecular weight excluding hydrogens is 300 g/mol. The van der Waals surface area contributed by atoms with E-state index < -0.39 is 5.60 Å². The lowest BCUT2D eigenvalue weighted by Crippen LogP contribution is -2.12. The Bertz CT molecular complexity index is 480. The Hall–Kier alpha value is -1.07. The van der Waals surface area contributed by atoms with Gasteiger partial charge in [-0.1, -0.05) is 0 Å². The molecule has 98 valence electrons. The molecule has 0 amide bonds. The highest BCUT2D eigenvalue weighted by Crippen LogP contribution is 2.44. The lowest BCUT2D eigenvalue weighted by molar-refractivity contribution is 0.111. The fourth-order valence-electron chi connectivity index (χ4n) is 2.02. The molecule has 0 bridgehead atoms. The number of rotatable bonds is 5. The Morgan fingerprint density at radius 1 is 1.39 bits per heavy atom. The first-order valence-corrected chi connectivity index (χ1v) is 6.45. The van der Waals surface area contributed by atoms with Crippen molar-refractivity contribution in [3.8, 4) is 11.5 Å². The zero-order chi connectivity index (χ0) is 13.3. The van der Waals surface area contributed by atoms with Crippen molar-refractivity contribution in [2.45, 2.75) is 24.9 Å². The van der Waals surface area contributed by atoms with Gasteiger partial charge in [0.25, 0.3) is 0 Å². The molecule has 1 saturated carbocycles. The zero-order valence-electron chi connectivity index (χ0n) is 10.3. The third kappa shape index (κ3) is 2.37. The maximum atomic E-state index is 11.1. The van der Waals surface area contributed by atoms with Crippen LogP contribution in [-0.2, 0) is 6.42 Å². The lowest BCUT2D eigenvalue weighted by atomic mass is 10.0. The van der Waals surface area contributed by atoms with E-state index >= 15 is 0 Å². The second-order valence-electron chi connectivity index (χ2n) is 4.52. The van der Waals surface area contributed by atoms with Gasteiger partial charge in [-0.3, -0.25) is 4.79 Å². The number of aldehydes is 1. The summed E-state index contributed by atoms with van der Waals surface area (Å²) in [5.74, 6) is 0.921. The summed E-state index contributed by atoms with van der Waals surface area (Å²) in [6.45, 7) is 0. The van der Waals surface area contributed by atoms with Gasteiger partial charge < -0.3 is 14.6 Å². The third-order valence-corrected chi connectivity index (χ3v) is 3.83. The molecule has 1 aromatic carbocycles. The molecule has 0 heterocycles. The van der Waals surface area contributed by atoms with Crippen LogP contribution in [0.2, 0.25) is 0 Å². The normalized spacial score (nSPS) is 16.2. The topological polar surface area (TPSA) is 55.8 Å². The summed E-state index contributed by atoms with van der Waals surface area (Å²) in [7, 11) is 3.02. The van der Waals surface area contributed by atoms with E-state index in [4.69, 9.17) is 9.47 Å². The average molecular weight is 315 g/mol. The van der Waals surface area contributed by atoms with Crippen LogP contribution in [0.4, 0.5) is 0 Å². The zero-order valence-corrected chi connectivity index (χ0v) is 11.9. The predicted octanol–water partition coefficient (Wildman–Crippen LogP) is 2.35. The molecular formula is C13H15BrO4. The van der Waals surface area contributed by atoms with Gasteiger partial charge in [-0.25, -0.2) is 0 Å². The van der Waals surface area contributed by atoms with Crippen LogP contribution in [0, 0.1) is 0 Å². The first-order chi connectivity index (χ1) is 8.54. The van der Waals surface area contributed by atoms with Gasteiger partial charge >= 0.3 is 0 Å². The lowest BCUT2D eigenvalue weighted by Gasteiger charge is -2.17. The molecule has 0 aliphatic heterocycles. The number of carbonyl (C=O) groups excluding carboxylic acids is 1. The summed E-state index contributed by atoms with van der Waals surface area (Å²) in [4.78, 5) is 11.1. The molecule has 4 nitrogen and oxygen atoms in total. The predicted molar refractivity (Wildman–Crippen MR) is 70.5 cm³/mol. The van der Waals surface area contributed by atoms with Crippen molar-refractivity contribution in [3.63, 3.8) is 0 Å². The molecule has 0 radical (unpaired) electrons. The minimum absolute atomic E-state index is 0.404. The summed E-state index contributed by atoms with van der Waals surface area (Å²) >= 11 is 3.34. The number of methoxy groups -OCH3 is 2. The molecule has 1 N–H and O–H groups in total. The van der Waals surface area contributed by atoms with Crippen LogP contribution in [0.1, 0.15) is 28.8 Å². The van der Waals surface area contributed by atoms with Gasteiger partial charge in [0.05, 0.1) is 25.4 Å². The number of hydrogen-bond acceptors (Lipinski definition) is 4. The van der Waals surface area contributed by atoms with E-state index in [1.807, 2.05) is 0 Å². The summed E-state index contributed by atoms with van der Waals surface area (Å²) in [6, 6.07) is 1.81. The summed E-state index contributed by atoms with van der Waals surface area (Å²) in [6.07, 6.45) is 2.82. The Morgan fingerprint density at radius 3 is 2.44 bits per heavy atom. The van der Waals surface area contributed by atoms with Gasteiger partial charge in [0, 0.05) is 16.5 Å². The highest BCUT2D eigenvalue weighted by atomic mass is 79.9. The molecule has 1 aliphatic carbocycles. The molecule has 1 aromatic rings. The standard InChI is InChI=1S/C13H15BrO4/c1-17-11-8(6-13(16)3-4-13)5-10(14)9(7-15)12(11)18-2/h5,7,16H,3-4,6H2,1-2H3. The molecule has 0 aromatic heterocycles. The van der Waals surface area contributed by atoms with E-state index in [1.165, 1.54) is 14.2 Å². The second kappa shape index (κ2) is 4.90. The largest absolute Gasteiger partial charge is 0.493 e. The molecule has 1 aliphatic rings. The van der Waals surface area contributed by atoms with Crippen LogP contribution in [-0.4, -0.2) is 31.2 Å². The van der Waals surface area contributed by atoms with Crippen molar-refractivity contribution >= 4 is 22.2 Å². The smallest absolute Gasteiger partial charge is 0.172 e. The second-order valence-corrected chi connectivity index (χ2v) is 5.37. The highest BCUT2D eigenvalue weighted by molar-refractivity contribution is 9.10. The third-order valence-electron chi connectivity index (χ3n) is 3.17. The Kier molecular flexibility index (Phi) is 3.64. The maximum Gasteiger partial charge on any atom is 0.172 e. The molecule has 1 fully saturated rings. The fourth-order valence-corrected chi connectivity index (χ4v) is 2.57. The first kappa shape index (κ1) is 13.4. The Labute approximate surface area is 114 Å². The van der Waals surface area contributed by atoms with Gasteiger partial charge in [-0.05, 0) is 34.8 Å². The van der Waals surface area contributed by atoms with Crippen LogP contribution >= 0.6 is 15.9 Å². The minimum Gasteiger partial charge on any atom is -0.493 e. The van der Waals surface area contributed by atoms with Gasteiger partial charge in [-0.15, -0.1) is 0 Å². The van der Waals surface area contributed by atoms with E-state index in [-0.39, 0.29) is 0 Å². The van der Waals surface area contributed by atoms with Crippen molar-refractivity contribution in [1.82, 2.24) is 0 Å². The molecule has 0 atom stereocenters. The van der Waals surface area contributed by atoms with Gasteiger partial charge in [0.1, 0.15) is 0 Å². The number of aliphatic hydroxyl groups is 1. The van der Waals surface area contributed by atoms with Crippen LogP contribution < -0.4 is 9.47 Å². The van der Waals surface area contributed by atoms with Crippen LogP contribution in [0.3, 0.4) is 0 Å². The fraction of sp³-hybridized carbons (Fsp3) is 0.462. The van der Waals surface area contributed by atoms with Crippen molar-refractivity contribution in [3.05, 3.63) is 21.7 Å². The van der Waals surface area contributed by atoms with Crippen LogP contribution in [0.5, 0.6) is 11.5 Å². The summed E-state index contributed by atoms with van der Waals surface area (Å²) in [5.41, 5.74) is 0.633. The highest BCUT2D eigenvalue weighted by Gasteiger charge is 2.41. The molecule has 5 heteroatoms. The summed E-state index contributed by atoms with van der Waals surface area (Å²) < 4.78 is 11.2. The van der Waals surface area contributed by atoms with Crippen molar-refractivity contribution < 1.29 is 19.4 Å². The van der Waals surface area contributed by atoms with Crippen molar-refractivity contribution in [2.75, 3.05) is 14.2 Å². The van der Waals surface area contributed by atoms with E-state index in [0.717, 1.165) is 24.7 Å². The first-order valence-electron chi connectivity index (χ1n) is 5.65. The van der Waals surface area contributed by atoms with E-state index in [1.54, 1.807) is 6.07 Å². The molecule has 0 spiro atoms. The number of ether oxygens (including phenoxy) is 2. The minimum atomic E-state index is -0.625. The number of halogens is 1. The van der Waals surface area contributed by atoms with Crippen molar-refractivity contribution in [1.29, 1.82) is 0 Å². The van der Waals surface area contributed by atoms with E-state index in [9.17, 15) is 9.90 Å². The molecule has 0 saturated heterocycles. The van der Waals surface area contributed by atoms with Crippen LogP contribution in [0.15, 0.2) is 10.5 Å². The monoisotopic (exact) mass is 314 g/mol. The molecule has 2 rings (SSSR count). The number of hydrogen-bond donors (Lipinski definition) is 1. The number of benzene rings is 1. The van der Waals surface area contributed by atoms with E-state index in [2.05, 4.69) is 15.9 Å². The van der Waals surface area contributed by atoms with Gasteiger partial charge in [-0.2, -0.15) is 0 Å². The number of carbonyl (C=O) groups is 1. The van der Waals surface area contributed by atoms with Gasteiger partial charge in [0.15, 0.2) is 17.8 Å². The van der Waals surface area contributed by atoms with E-state index in [0.29, 0.717) is 28.0 Å². The Balaban J connectivity index is 2.51. The van der Waals surface area contributed by atoms with Gasteiger partial charge in [0.2, 0.25) is 0 Å².